The molecule has 0 bridgehead atoms. The summed E-state index contributed by atoms with van der Waals surface area (Å²) in [7, 11) is 0. The van der Waals surface area contributed by atoms with Crippen molar-refractivity contribution in [3.63, 3.8) is 0 Å². The molecule has 1 nitrogen and oxygen atoms in total. The van der Waals surface area contributed by atoms with Gasteiger partial charge in [0.2, 0.25) is 0 Å². The van der Waals surface area contributed by atoms with Crippen LogP contribution in [0, 0.1) is 11.8 Å². The van der Waals surface area contributed by atoms with Crippen LogP contribution in [0.1, 0.15) is 56.7 Å². The highest BCUT2D eigenvalue weighted by molar-refractivity contribution is 9.10. The van der Waals surface area contributed by atoms with Gasteiger partial charge in [-0.25, -0.2) is 0 Å². The number of thiophene rings is 1. The smallest absolute Gasteiger partial charge is 0.0616 e. The summed E-state index contributed by atoms with van der Waals surface area (Å²) in [5.74, 6) is 1.45. The van der Waals surface area contributed by atoms with Gasteiger partial charge in [0, 0.05) is 15.8 Å². The summed E-state index contributed by atoms with van der Waals surface area (Å²) in [6.07, 6.45) is 9.85. The normalized spacial score (nSPS) is 25.4. The highest BCUT2D eigenvalue weighted by atomic mass is 79.9. The molecule has 1 aliphatic rings. The second kappa shape index (κ2) is 7.80. The summed E-state index contributed by atoms with van der Waals surface area (Å²) in [5.41, 5.74) is 0. The topological polar surface area (TPSA) is 20.2 Å². The van der Waals surface area contributed by atoms with Crippen LogP contribution in [0.15, 0.2) is 15.9 Å². The van der Waals surface area contributed by atoms with E-state index in [4.69, 9.17) is 0 Å². The van der Waals surface area contributed by atoms with Gasteiger partial charge >= 0.3 is 0 Å². The predicted octanol–water partition coefficient (Wildman–Crippen LogP) is 5.41. The van der Waals surface area contributed by atoms with E-state index in [1.807, 2.05) is 0 Å². The fourth-order valence-corrected chi connectivity index (χ4v) is 4.75. The van der Waals surface area contributed by atoms with Crippen LogP contribution in [0.4, 0.5) is 0 Å². The van der Waals surface area contributed by atoms with Gasteiger partial charge in [-0.3, -0.25) is 0 Å². The van der Waals surface area contributed by atoms with Gasteiger partial charge in [-0.15, -0.1) is 11.3 Å². The Kier molecular flexibility index (Phi) is 6.37. The van der Waals surface area contributed by atoms with Gasteiger partial charge in [-0.05, 0) is 52.1 Å². The molecule has 3 heteroatoms. The molecule has 0 saturated heterocycles. The van der Waals surface area contributed by atoms with E-state index in [2.05, 4.69) is 34.3 Å². The molecule has 1 aromatic rings. The first-order valence-corrected chi connectivity index (χ1v) is 9.28. The van der Waals surface area contributed by atoms with E-state index in [1.165, 1.54) is 49.8 Å². The first kappa shape index (κ1) is 15.5. The minimum atomic E-state index is -0.151. The SMILES string of the molecule is CCCCC1CCC(C(O)Cc2sccc2Br)CC1. The Hall–Kier alpha value is 0.140. The van der Waals surface area contributed by atoms with E-state index in [9.17, 15) is 5.11 Å². The van der Waals surface area contributed by atoms with Crippen molar-refractivity contribution in [1.29, 1.82) is 0 Å². The van der Waals surface area contributed by atoms with Crippen molar-refractivity contribution in [2.24, 2.45) is 11.8 Å². The van der Waals surface area contributed by atoms with Crippen molar-refractivity contribution < 1.29 is 5.11 Å². The van der Waals surface area contributed by atoms with Crippen LogP contribution in [0.3, 0.4) is 0 Å². The van der Waals surface area contributed by atoms with E-state index in [-0.39, 0.29) is 6.10 Å². The average molecular weight is 345 g/mol. The Morgan fingerprint density at radius 1 is 1.37 bits per heavy atom. The number of rotatable bonds is 6. The number of aliphatic hydroxyl groups is 1. The molecule has 1 unspecified atom stereocenters. The Bertz CT molecular complexity index is 369. The van der Waals surface area contributed by atoms with Crippen molar-refractivity contribution in [3.8, 4) is 0 Å². The van der Waals surface area contributed by atoms with E-state index >= 15 is 0 Å². The summed E-state index contributed by atoms with van der Waals surface area (Å²) in [5, 5.41) is 12.5. The highest BCUT2D eigenvalue weighted by Crippen LogP contribution is 2.35. The fraction of sp³-hybridized carbons (Fsp3) is 0.750. The Labute approximate surface area is 129 Å². The summed E-state index contributed by atoms with van der Waals surface area (Å²) in [4.78, 5) is 1.29. The molecule has 0 spiro atoms. The first-order chi connectivity index (χ1) is 9.20. The predicted molar refractivity (Wildman–Crippen MR) is 86.7 cm³/mol. The third kappa shape index (κ3) is 4.57. The van der Waals surface area contributed by atoms with Crippen LogP contribution in [0.5, 0.6) is 0 Å². The second-order valence-corrected chi connectivity index (χ2v) is 7.74. The monoisotopic (exact) mass is 344 g/mol. The van der Waals surface area contributed by atoms with E-state index in [0.717, 1.165) is 16.8 Å². The van der Waals surface area contributed by atoms with Crippen molar-refractivity contribution in [1.82, 2.24) is 0 Å². The highest BCUT2D eigenvalue weighted by Gasteiger charge is 2.26. The van der Waals surface area contributed by atoms with Gasteiger partial charge in [0.15, 0.2) is 0 Å². The molecule has 1 aliphatic carbocycles. The third-order valence-corrected chi connectivity index (χ3v) is 6.44. The van der Waals surface area contributed by atoms with E-state index < -0.39 is 0 Å². The second-order valence-electron chi connectivity index (χ2n) is 5.89. The lowest BCUT2D eigenvalue weighted by Crippen LogP contribution is -2.27. The zero-order valence-corrected chi connectivity index (χ0v) is 14.2. The molecular weight excluding hydrogens is 320 g/mol. The molecule has 19 heavy (non-hydrogen) atoms. The maximum atomic E-state index is 10.4. The molecule has 1 aromatic heterocycles. The van der Waals surface area contributed by atoms with Gasteiger partial charge in [-0.1, -0.05) is 39.0 Å². The minimum absolute atomic E-state index is 0.151. The molecule has 0 radical (unpaired) electrons. The first-order valence-electron chi connectivity index (χ1n) is 7.60. The van der Waals surface area contributed by atoms with Crippen LogP contribution in [-0.2, 0) is 6.42 Å². The lowest BCUT2D eigenvalue weighted by atomic mass is 9.77. The summed E-state index contributed by atoms with van der Waals surface area (Å²) < 4.78 is 1.16. The lowest BCUT2D eigenvalue weighted by Gasteiger charge is -2.31. The van der Waals surface area contributed by atoms with Crippen molar-refractivity contribution in [2.45, 2.75) is 64.4 Å². The number of aliphatic hydroxyl groups excluding tert-OH is 1. The Morgan fingerprint density at radius 2 is 2.11 bits per heavy atom. The van der Waals surface area contributed by atoms with Crippen molar-refractivity contribution in [3.05, 3.63) is 20.8 Å². The molecule has 1 atom stereocenters. The van der Waals surface area contributed by atoms with Gasteiger partial charge in [0.05, 0.1) is 6.10 Å². The fourth-order valence-electron chi connectivity index (χ4n) is 3.18. The average Bonchev–Trinajstić information content (AvgIpc) is 2.82. The van der Waals surface area contributed by atoms with E-state index in [0.29, 0.717) is 5.92 Å². The molecule has 2 rings (SSSR count). The van der Waals surface area contributed by atoms with Gasteiger partial charge in [-0.2, -0.15) is 0 Å². The minimum Gasteiger partial charge on any atom is -0.392 e. The van der Waals surface area contributed by atoms with Crippen LogP contribution in [-0.4, -0.2) is 11.2 Å². The van der Waals surface area contributed by atoms with Crippen LogP contribution >= 0.6 is 27.3 Å². The molecule has 0 aliphatic heterocycles. The number of unbranched alkanes of at least 4 members (excludes halogenated alkanes) is 1. The largest absolute Gasteiger partial charge is 0.392 e. The van der Waals surface area contributed by atoms with Crippen molar-refractivity contribution in [2.75, 3.05) is 0 Å². The Balaban J connectivity index is 1.76. The molecule has 0 aromatic carbocycles. The summed E-state index contributed by atoms with van der Waals surface area (Å²) >= 11 is 5.30. The summed E-state index contributed by atoms with van der Waals surface area (Å²) in [6, 6.07) is 2.08. The lowest BCUT2D eigenvalue weighted by molar-refractivity contribution is 0.0731. The van der Waals surface area contributed by atoms with E-state index in [1.54, 1.807) is 11.3 Å². The maximum absolute atomic E-state index is 10.4. The van der Waals surface area contributed by atoms with Crippen LogP contribution in [0.25, 0.3) is 0 Å². The third-order valence-electron chi connectivity index (χ3n) is 4.49. The quantitative estimate of drug-likeness (QED) is 0.731. The van der Waals surface area contributed by atoms with Crippen LogP contribution in [0.2, 0.25) is 0 Å². The Morgan fingerprint density at radius 3 is 2.68 bits per heavy atom. The molecule has 1 saturated carbocycles. The zero-order valence-electron chi connectivity index (χ0n) is 11.8. The molecule has 108 valence electrons. The van der Waals surface area contributed by atoms with Gasteiger partial charge in [0.25, 0.3) is 0 Å². The molecule has 1 N–H and O–H groups in total. The van der Waals surface area contributed by atoms with Crippen molar-refractivity contribution >= 4 is 27.3 Å². The molecular formula is C16H25BrOS. The van der Waals surface area contributed by atoms with Gasteiger partial charge < -0.3 is 5.11 Å². The maximum Gasteiger partial charge on any atom is 0.0616 e. The molecule has 0 amide bonds. The van der Waals surface area contributed by atoms with Gasteiger partial charge in [0.1, 0.15) is 0 Å². The zero-order chi connectivity index (χ0) is 13.7. The number of hydrogen-bond donors (Lipinski definition) is 1. The molecule has 1 heterocycles. The molecule has 1 fully saturated rings. The standard InChI is InChI=1S/C16H25BrOS/c1-2-3-4-12-5-7-13(8-6-12)15(18)11-16-14(17)9-10-19-16/h9-10,12-13,15,18H,2-8,11H2,1H3. The number of halogens is 1. The summed E-state index contributed by atoms with van der Waals surface area (Å²) in [6.45, 7) is 2.27. The van der Waals surface area contributed by atoms with Crippen LogP contribution < -0.4 is 0 Å². The number of hydrogen-bond acceptors (Lipinski definition) is 2.